The SMILES string of the molecule is CC=Cc1ccc2c(c1N)Cc1ccccc1-2. The summed E-state index contributed by atoms with van der Waals surface area (Å²) in [6.07, 6.45) is 5.06. The van der Waals surface area contributed by atoms with Crippen molar-refractivity contribution in [1.29, 1.82) is 0 Å². The fourth-order valence-electron chi connectivity index (χ4n) is 2.58. The van der Waals surface area contributed by atoms with Crippen LogP contribution in [-0.2, 0) is 6.42 Å². The van der Waals surface area contributed by atoms with Gasteiger partial charge >= 0.3 is 0 Å². The van der Waals surface area contributed by atoms with Gasteiger partial charge in [0.1, 0.15) is 0 Å². The van der Waals surface area contributed by atoms with Crippen molar-refractivity contribution < 1.29 is 0 Å². The first-order valence-electron chi connectivity index (χ1n) is 5.93. The Balaban J connectivity index is 2.21. The molecule has 0 bridgehead atoms. The summed E-state index contributed by atoms with van der Waals surface area (Å²) in [6.45, 7) is 2.02. The van der Waals surface area contributed by atoms with Gasteiger partial charge in [-0.15, -0.1) is 0 Å². The lowest BCUT2D eigenvalue weighted by Gasteiger charge is -2.07. The Hall–Kier alpha value is -2.02. The molecule has 0 saturated carbocycles. The molecule has 0 atom stereocenters. The zero-order valence-corrected chi connectivity index (χ0v) is 9.90. The monoisotopic (exact) mass is 221 g/mol. The fraction of sp³-hybridized carbons (Fsp3) is 0.125. The molecule has 0 saturated heterocycles. The molecule has 0 fully saturated rings. The van der Waals surface area contributed by atoms with Crippen LogP contribution in [0.5, 0.6) is 0 Å². The second kappa shape index (κ2) is 3.77. The van der Waals surface area contributed by atoms with Crippen LogP contribution in [0.15, 0.2) is 42.5 Å². The third kappa shape index (κ3) is 1.47. The van der Waals surface area contributed by atoms with Gasteiger partial charge in [-0.2, -0.15) is 0 Å². The Morgan fingerprint density at radius 1 is 1.06 bits per heavy atom. The number of nitrogen functional groups attached to an aromatic ring is 1. The highest BCUT2D eigenvalue weighted by Gasteiger charge is 2.20. The van der Waals surface area contributed by atoms with Crippen LogP contribution in [0.3, 0.4) is 0 Å². The van der Waals surface area contributed by atoms with Gasteiger partial charge in [0.2, 0.25) is 0 Å². The summed E-state index contributed by atoms with van der Waals surface area (Å²) in [7, 11) is 0. The molecule has 0 heterocycles. The van der Waals surface area contributed by atoms with Crippen LogP contribution in [0.4, 0.5) is 5.69 Å². The van der Waals surface area contributed by atoms with Gasteiger partial charge in [0.05, 0.1) is 0 Å². The normalized spacial score (nSPS) is 12.8. The molecule has 0 radical (unpaired) electrons. The van der Waals surface area contributed by atoms with Gasteiger partial charge in [-0.05, 0) is 34.7 Å². The van der Waals surface area contributed by atoms with Crippen LogP contribution in [-0.4, -0.2) is 0 Å². The lowest BCUT2D eigenvalue weighted by Crippen LogP contribution is -1.95. The molecule has 3 rings (SSSR count). The van der Waals surface area contributed by atoms with Crippen molar-refractivity contribution in [3.8, 4) is 11.1 Å². The third-order valence-corrected chi connectivity index (χ3v) is 3.41. The number of hydrogen-bond acceptors (Lipinski definition) is 1. The minimum atomic E-state index is 0.928. The fourth-order valence-corrected chi connectivity index (χ4v) is 2.58. The van der Waals surface area contributed by atoms with E-state index in [1.807, 2.05) is 13.0 Å². The number of benzene rings is 2. The van der Waals surface area contributed by atoms with Crippen LogP contribution >= 0.6 is 0 Å². The first kappa shape index (κ1) is 10.2. The maximum atomic E-state index is 6.25. The van der Waals surface area contributed by atoms with E-state index in [9.17, 15) is 0 Å². The Kier molecular flexibility index (Phi) is 2.25. The Bertz CT molecular complexity index is 609. The molecule has 2 aromatic carbocycles. The van der Waals surface area contributed by atoms with Gasteiger partial charge in [-0.25, -0.2) is 0 Å². The van der Waals surface area contributed by atoms with E-state index in [0.29, 0.717) is 0 Å². The zero-order chi connectivity index (χ0) is 11.8. The van der Waals surface area contributed by atoms with E-state index in [0.717, 1.165) is 17.7 Å². The highest BCUT2D eigenvalue weighted by Crippen LogP contribution is 2.40. The number of rotatable bonds is 1. The first-order valence-corrected chi connectivity index (χ1v) is 5.93. The van der Waals surface area contributed by atoms with Crippen LogP contribution < -0.4 is 5.73 Å². The van der Waals surface area contributed by atoms with Crippen LogP contribution in [0, 0.1) is 0 Å². The molecule has 1 aliphatic carbocycles. The lowest BCUT2D eigenvalue weighted by atomic mass is 10.0. The van der Waals surface area contributed by atoms with Crippen molar-refractivity contribution in [2.45, 2.75) is 13.3 Å². The molecular formula is C16H15N. The molecule has 0 spiro atoms. The minimum absolute atomic E-state index is 0.928. The average molecular weight is 221 g/mol. The second-order valence-corrected chi connectivity index (χ2v) is 4.43. The zero-order valence-electron chi connectivity index (χ0n) is 9.90. The maximum absolute atomic E-state index is 6.25. The average Bonchev–Trinajstić information content (AvgIpc) is 2.73. The van der Waals surface area contributed by atoms with Gasteiger partial charge in [-0.1, -0.05) is 48.6 Å². The standard InChI is InChI=1S/C16H15N/c1-2-5-11-8-9-14-13-7-4-3-6-12(13)10-15(14)16(11)17/h2-9H,10,17H2,1H3. The highest BCUT2D eigenvalue weighted by atomic mass is 14.6. The topological polar surface area (TPSA) is 26.0 Å². The highest BCUT2D eigenvalue weighted by molar-refractivity contribution is 5.85. The summed E-state index contributed by atoms with van der Waals surface area (Å²) in [5, 5.41) is 0. The van der Waals surface area contributed by atoms with Gasteiger partial charge in [0, 0.05) is 12.1 Å². The van der Waals surface area contributed by atoms with Crippen LogP contribution in [0.2, 0.25) is 0 Å². The summed E-state index contributed by atoms with van der Waals surface area (Å²) in [5.41, 5.74) is 13.6. The molecule has 1 heteroatoms. The van der Waals surface area contributed by atoms with Gasteiger partial charge in [0.15, 0.2) is 0 Å². The molecule has 0 amide bonds. The Morgan fingerprint density at radius 2 is 1.88 bits per heavy atom. The van der Waals surface area contributed by atoms with E-state index >= 15 is 0 Å². The van der Waals surface area contributed by atoms with Gasteiger partial charge in [-0.3, -0.25) is 0 Å². The maximum Gasteiger partial charge on any atom is 0.0429 e. The minimum Gasteiger partial charge on any atom is -0.398 e. The van der Waals surface area contributed by atoms with E-state index in [2.05, 4.69) is 42.5 Å². The smallest absolute Gasteiger partial charge is 0.0429 e. The largest absolute Gasteiger partial charge is 0.398 e. The molecule has 2 N–H and O–H groups in total. The summed E-state index contributed by atoms with van der Waals surface area (Å²) >= 11 is 0. The number of nitrogens with two attached hydrogens (primary N) is 1. The van der Waals surface area contributed by atoms with Gasteiger partial charge < -0.3 is 5.73 Å². The Morgan fingerprint density at radius 3 is 2.71 bits per heavy atom. The van der Waals surface area contributed by atoms with Gasteiger partial charge in [0.25, 0.3) is 0 Å². The molecule has 0 aromatic heterocycles. The summed E-state index contributed by atoms with van der Waals surface area (Å²) < 4.78 is 0. The quantitative estimate of drug-likeness (QED) is 0.620. The molecule has 0 unspecified atom stereocenters. The predicted molar refractivity (Wildman–Crippen MR) is 73.8 cm³/mol. The van der Waals surface area contributed by atoms with E-state index < -0.39 is 0 Å². The van der Waals surface area contributed by atoms with E-state index in [1.54, 1.807) is 0 Å². The number of fused-ring (bicyclic) bond motifs is 3. The molecule has 1 nitrogen and oxygen atoms in total. The molecule has 1 aliphatic rings. The van der Waals surface area contributed by atoms with Crippen molar-refractivity contribution in [2.75, 3.05) is 5.73 Å². The van der Waals surface area contributed by atoms with E-state index in [4.69, 9.17) is 5.73 Å². The molecule has 84 valence electrons. The van der Waals surface area contributed by atoms with Crippen molar-refractivity contribution in [3.05, 3.63) is 59.2 Å². The summed E-state index contributed by atoms with van der Waals surface area (Å²) in [6, 6.07) is 12.8. The number of allylic oxidation sites excluding steroid dienone is 1. The lowest BCUT2D eigenvalue weighted by molar-refractivity contribution is 1.26. The van der Waals surface area contributed by atoms with Crippen molar-refractivity contribution in [1.82, 2.24) is 0 Å². The third-order valence-electron chi connectivity index (χ3n) is 3.41. The van der Waals surface area contributed by atoms with Crippen LogP contribution in [0.1, 0.15) is 23.6 Å². The van der Waals surface area contributed by atoms with E-state index in [-0.39, 0.29) is 0 Å². The van der Waals surface area contributed by atoms with Crippen molar-refractivity contribution in [2.24, 2.45) is 0 Å². The Labute approximate surface area is 102 Å². The van der Waals surface area contributed by atoms with Crippen molar-refractivity contribution in [3.63, 3.8) is 0 Å². The van der Waals surface area contributed by atoms with Crippen LogP contribution in [0.25, 0.3) is 17.2 Å². The summed E-state index contributed by atoms with van der Waals surface area (Å²) in [5.74, 6) is 0. The predicted octanol–water partition coefficient (Wildman–Crippen LogP) is 3.87. The molecular weight excluding hydrogens is 206 g/mol. The molecule has 17 heavy (non-hydrogen) atoms. The summed E-state index contributed by atoms with van der Waals surface area (Å²) in [4.78, 5) is 0. The molecule has 2 aromatic rings. The second-order valence-electron chi connectivity index (χ2n) is 4.43. The van der Waals surface area contributed by atoms with E-state index in [1.165, 1.54) is 22.3 Å². The number of hydrogen-bond donors (Lipinski definition) is 1. The number of anilines is 1. The first-order chi connectivity index (χ1) is 8.31. The van der Waals surface area contributed by atoms with Crippen molar-refractivity contribution >= 4 is 11.8 Å². The molecule has 0 aliphatic heterocycles.